The van der Waals surface area contributed by atoms with Gasteiger partial charge in [0.05, 0.1) is 11.8 Å². The number of hydrogen-bond acceptors (Lipinski definition) is 6. The van der Waals surface area contributed by atoms with Crippen LogP contribution in [0.25, 0.3) is 0 Å². The van der Waals surface area contributed by atoms with Gasteiger partial charge < -0.3 is 26.8 Å². The Labute approximate surface area is 219 Å². The maximum Gasteiger partial charge on any atom is 0.232 e. The van der Waals surface area contributed by atoms with Crippen LogP contribution in [0.15, 0.2) is 29.2 Å². The molecule has 4 atom stereocenters. The zero-order valence-electron chi connectivity index (χ0n) is 22.3. The Hall–Kier alpha value is -2.10. The van der Waals surface area contributed by atoms with Crippen molar-refractivity contribution in [2.45, 2.75) is 89.0 Å². The average Bonchev–Trinajstić information content (AvgIpc) is 2.80. The van der Waals surface area contributed by atoms with Gasteiger partial charge in [0, 0.05) is 36.4 Å². The number of carbonyl (C=O) groups excluding carboxylic acids is 3. The van der Waals surface area contributed by atoms with Crippen molar-refractivity contribution in [3.8, 4) is 0 Å². The first-order chi connectivity index (χ1) is 16.9. The number of amides is 3. The number of unbranched alkanes of at least 4 members (excludes halogenated alkanes) is 1. The molecule has 0 saturated carbocycles. The topological polar surface area (TPSA) is 139 Å². The van der Waals surface area contributed by atoms with Crippen molar-refractivity contribution >= 4 is 35.2 Å². The summed E-state index contributed by atoms with van der Waals surface area (Å²) >= 11 is 1.38. The fourth-order valence-corrected chi connectivity index (χ4v) is 5.71. The van der Waals surface area contributed by atoms with Crippen molar-refractivity contribution < 1.29 is 19.5 Å². The van der Waals surface area contributed by atoms with Gasteiger partial charge >= 0.3 is 0 Å². The Kier molecular flexibility index (Phi) is 11.3. The fraction of sp³-hybridized carbons (Fsp3) is 0.667. The second kappa shape index (κ2) is 13.4. The molecule has 9 heteroatoms. The third kappa shape index (κ3) is 8.49. The molecule has 8 nitrogen and oxygen atoms in total. The number of nitrogens with zero attached hydrogens (tertiary/aromatic N) is 1. The van der Waals surface area contributed by atoms with Gasteiger partial charge in [-0.05, 0) is 42.7 Å². The number of anilines is 1. The van der Waals surface area contributed by atoms with E-state index in [4.69, 9.17) is 11.5 Å². The lowest BCUT2D eigenvalue weighted by atomic mass is 9.79. The summed E-state index contributed by atoms with van der Waals surface area (Å²) in [5.74, 6) is -0.880. The Bertz CT molecular complexity index is 908. The molecule has 1 aliphatic rings. The monoisotopic (exact) mass is 520 g/mol. The van der Waals surface area contributed by atoms with Crippen LogP contribution < -0.4 is 21.7 Å². The Morgan fingerprint density at radius 2 is 1.92 bits per heavy atom. The quantitative estimate of drug-likeness (QED) is 0.295. The standard InChI is InChI=1S/C27H44N4O4S/c1-6-7-12-30-26(35)18(17(2)3)13-21(32)19(28)14-27(4,5)15-24(33)31-16-23(25(29)34)36-22-11-9-8-10-20(22)31/h8-11,17-19,21,23,32H,6-7,12-16,28H2,1-5H3,(H2,29,34)(H,30,35)/t18?,19-,21-,23?/m0/s1. The van der Waals surface area contributed by atoms with Gasteiger partial charge in [-0.3, -0.25) is 14.4 Å². The highest BCUT2D eigenvalue weighted by atomic mass is 32.2. The number of benzene rings is 1. The fourth-order valence-electron chi connectivity index (χ4n) is 4.61. The number of aliphatic hydroxyl groups is 1. The summed E-state index contributed by atoms with van der Waals surface area (Å²) < 4.78 is 0. The predicted molar refractivity (Wildman–Crippen MR) is 145 cm³/mol. The number of nitrogens with two attached hydrogens (primary N) is 2. The third-order valence-corrected chi connectivity index (χ3v) is 8.04. The summed E-state index contributed by atoms with van der Waals surface area (Å²) in [6, 6.07) is 6.91. The van der Waals surface area contributed by atoms with Crippen LogP contribution in [0.1, 0.15) is 66.7 Å². The molecule has 1 aliphatic heterocycles. The van der Waals surface area contributed by atoms with E-state index >= 15 is 0 Å². The van der Waals surface area contributed by atoms with E-state index in [0.29, 0.717) is 13.0 Å². The number of thioether (sulfide) groups is 1. The van der Waals surface area contributed by atoms with Gasteiger partial charge in [-0.2, -0.15) is 0 Å². The van der Waals surface area contributed by atoms with Crippen molar-refractivity contribution in [1.82, 2.24) is 5.32 Å². The van der Waals surface area contributed by atoms with Gasteiger partial charge in [0.25, 0.3) is 0 Å². The van der Waals surface area contributed by atoms with Crippen LogP contribution >= 0.6 is 11.8 Å². The number of primary amides is 1. The molecular formula is C27H44N4O4S. The molecule has 6 N–H and O–H groups in total. The summed E-state index contributed by atoms with van der Waals surface area (Å²) in [7, 11) is 0. The van der Waals surface area contributed by atoms with E-state index in [1.54, 1.807) is 4.90 Å². The number of aliphatic hydroxyl groups excluding tert-OH is 1. The molecule has 1 aromatic rings. The molecule has 2 rings (SSSR count). The number of para-hydroxylation sites is 1. The minimum Gasteiger partial charge on any atom is -0.391 e. The Morgan fingerprint density at radius 1 is 1.25 bits per heavy atom. The molecule has 0 aromatic heterocycles. The maximum atomic E-state index is 13.4. The van der Waals surface area contributed by atoms with Gasteiger partial charge in [0.2, 0.25) is 17.7 Å². The molecule has 0 radical (unpaired) electrons. The molecule has 1 heterocycles. The second-order valence-corrected chi connectivity index (χ2v) is 12.2. The lowest BCUT2D eigenvalue weighted by molar-refractivity contribution is -0.127. The second-order valence-electron chi connectivity index (χ2n) is 11.0. The van der Waals surface area contributed by atoms with Gasteiger partial charge in [-0.15, -0.1) is 11.8 Å². The molecule has 0 fully saturated rings. The van der Waals surface area contributed by atoms with E-state index in [-0.39, 0.29) is 43.0 Å². The third-order valence-electron chi connectivity index (χ3n) is 6.77. The number of rotatable bonds is 13. The summed E-state index contributed by atoms with van der Waals surface area (Å²) in [6.45, 7) is 10.8. The van der Waals surface area contributed by atoms with Crippen molar-refractivity contribution in [2.24, 2.45) is 28.7 Å². The Balaban J connectivity index is 2.03. The first kappa shape index (κ1) is 30.1. The lowest BCUT2D eigenvalue weighted by Gasteiger charge is -2.36. The molecule has 0 aliphatic carbocycles. The van der Waals surface area contributed by atoms with Crippen molar-refractivity contribution in [1.29, 1.82) is 0 Å². The van der Waals surface area contributed by atoms with Gasteiger partial charge in [-0.25, -0.2) is 0 Å². The molecular weight excluding hydrogens is 476 g/mol. The van der Waals surface area contributed by atoms with Crippen LogP contribution in [0.4, 0.5) is 5.69 Å². The molecule has 0 saturated heterocycles. The molecule has 202 valence electrons. The minimum atomic E-state index is -0.866. The number of carbonyl (C=O) groups is 3. The molecule has 0 spiro atoms. The van der Waals surface area contributed by atoms with Gasteiger partial charge in [0.1, 0.15) is 5.25 Å². The van der Waals surface area contributed by atoms with Gasteiger partial charge in [0.15, 0.2) is 0 Å². The van der Waals surface area contributed by atoms with Crippen LogP contribution in [-0.2, 0) is 14.4 Å². The SMILES string of the molecule is CCCCNC(=O)C(C[C@H](O)[C@@H](N)CC(C)(C)CC(=O)N1CC(C(N)=O)Sc2ccccc21)C(C)C. The molecule has 36 heavy (non-hydrogen) atoms. The highest BCUT2D eigenvalue weighted by Gasteiger charge is 2.36. The zero-order chi connectivity index (χ0) is 27.0. The summed E-state index contributed by atoms with van der Waals surface area (Å²) in [6.07, 6.45) is 1.93. The van der Waals surface area contributed by atoms with E-state index in [2.05, 4.69) is 12.2 Å². The van der Waals surface area contributed by atoms with Crippen LogP contribution in [0.2, 0.25) is 0 Å². The number of nitrogens with one attached hydrogen (secondary N) is 1. The van der Waals surface area contributed by atoms with E-state index < -0.39 is 28.7 Å². The smallest absolute Gasteiger partial charge is 0.232 e. The highest BCUT2D eigenvalue weighted by Crippen LogP contribution is 2.40. The Morgan fingerprint density at radius 3 is 2.53 bits per heavy atom. The van der Waals surface area contributed by atoms with Crippen molar-refractivity contribution in [3.05, 3.63) is 24.3 Å². The number of fused-ring (bicyclic) bond motifs is 1. The normalized spacial score (nSPS) is 18.3. The number of hydrogen-bond donors (Lipinski definition) is 4. The first-order valence-electron chi connectivity index (χ1n) is 12.9. The summed E-state index contributed by atoms with van der Waals surface area (Å²) in [4.78, 5) is 40.4. The van der Waals surface area contributed by atoms with Gasteiger partial charge in [-0.1, -0.05) is 53.2 Å². The van der Waals surface area contributed by atoms with E-state index in [1.165, 1.54) is 11.8 Å². The summed E-state index contributed by atoms with van der Waals surface area (Å²) in [5.41, 5.74) is 12.2. The van der Waals surface area contributed by atoms with Crippen molar-refractivity contribution in [2.75, 3.05) is 18.0 Å². The molecule has 3 amide bonds. The lowest BCUT2D eigenvalue weighted by Crippen LogP contribution is -2.47. The van der Waals surface area contributed by atoms with Crippen molar-refractivity contribution in [3.63, 3.8) is 0 Å². The van der Waals surface area contributed by atoms with Crippen LogP contribution in [0.3, 0.4) is 0 Å². The molecule has 2 unspecified atom stereocenters. The predicted octanol–water partition coefficient (Wildman–Crippen LogP) is 3.05. The molecule has 0 bridgehead atoms. The van der Waals surface area contributed by atoms with E-state index in [1.807, 2.05) is 52.0 Å². The first-order valence-corrected chi connectivity index (χ1v) is 13.8. The van der Waals surface area contributed by atoms with E-state index in [0.717, 1.165) is 23.4 Å². The zero-order valence-corrected chi connectivity index (χ0v) is 23.1. The highest BCUT2D eigenvalue weighted by molar-refractivity contribution is 8.00. The summed E-state index contributed by atoms with van der Waals surface area (Å²) in [5, 5.41) is 13.3. The minimum absolute atomic E-state index is 0.0511. The van der Waals surface area contributed by atoms with Crippen LogP contribution in [-0.4, -0.2) is 53.3 Å². The maximum absolute atomic E-state index is 13.4. The van der Waals surface area contributed by atoms with E-state index in [9.17, 15) is 19.5 Å². The largest absolute Gasteiger partial charge is 0.391 e. The molecule has 1 aromatic carbocycles. The average molecular weight is 521 g/mol. The van der Waals surface area contributed by atoms with Crippen LogP contribution in [0.5, 0.6) is 0 Å². The van der Waals surface area contributed by atoms with Crippen LogP contribution in [0, 0.1) is 17.3 Å².